The molecule has 0 bridgehead atoms. The van der Waals surface area contributed by atoms with Gasteiger partial charge in [-0.3, -0.25) is 4.40 Å². The molecule has 26 heavy (non-hydrogen) atoms. The van der Waals surface area contributed by atoms with Gasteiger partial charge in [-0.15, -0.1) is 0 Å². The van der Waals surface area contributed by atoms with Crippen LogP contribution in [0, 0.1) is 5.92 Å². The minimum atomic E-state index is 0.529. The fourth-order valence-corrected chi connectivity index (χ4v) is 3.22. The lowest BCUT2D eigenvalue weighted by Crippen LogP contribution is -2.04. The average Bonchev–Trinajstić information content (AvgIpc) is 3.10. The van der Waals surface area contributed by atoms with Crippen LogP contribution in [0.25, 0.3) is 22.3 Å². The summed E-state index contributed by atoms with van der Waals surface area (Å²) in [7, 11) is 0. The summed E-state index contributed by atoms with van der Waals surface area (Å²) >= 11 is 0. The van der Waals surface area contributed by atoms with E-state index in [0.717, 1.165) is 30.8 Å². The molecule has 1 aromatic carbocycles. The van der Waals surface area contributed by atoms with Crippen LogP contribution >= 0.6 is 0 Å². The van der Waals surface area contributed by atoms with Crippen molar-refractivity contribution in [1.82, 2.24) is 9.38 Å². The topological polar surface area (TPSA) is 26.5 Å². The zero-order chi connectivity index (χ0) is 17.9. The normalized spacial score (nSPS) is 14.0. The SMILES string of the molecule is CC(C)COc1ccc(-c2ccn3c(C4=CC=CCC4)cnc3c2)cc1. The Morgan fingerprint density at radius 2 is 1.96 bits per heavy atom. The first-order chi connectivity index (χ1) is 12.7. The Balaban J connectivity index is 1.60. The molecule has 3 heteroatoms. The van der Waals surface area contributed by atoms with Gasteiger partial charge >= 0.3 is 0 Å². The third-order valence-electron chi connectivity index (χ3n) is 4.63. The van der Waals surface area contributed by atoms with Gasteiger partial charge in [-0.05, 0) is 59.7 Å². The molecule has 0 atom stereocenters. The van der Waals surface area contributed by atoms with Gasteiger partial charge < -0.3 is 4.74 Å². The van der Waals surface area contributed by atoms with Gasteiger partial charge in [0.15, 0.2) is 0 Å². The summed E-state index contributed by atoms with van der Waals surface area (Å²) in [6, 6.07) is 12.6. The second-order valence-corrected chi connectivity index (χ2v) is 7.18. The Morgan fingerprint density at radius 1 is 1.12 bits per heavy atom. The Bertz CT molecular complexity index is 962. The van der Waals surface area contributed by atoms with Crippen molar-refractivity contribution in [3.8, 4) is 16.9 Å². The molecule has 1 aliphatic carbocycles. The fraction of sp³-hybridized carbons (Fsp3) is 0.261. The van der Waals surface area contributed by atoms with Crippen LogP contribution in [0.1, 0.15) is 32.4 Å². The number of aromatic nitrogens is 2. The molecule has 0 aliphatic heterocycles. The van der Waals surface area contributed by atoms with Crippen LogP contribution in [0.15, 0.2) is 67.0 Å². The van der Waals surface area contributed by atoms with Crippen LogP contribution in [-0.2, 0) is 0 Å². The summed E-state index contributed by atoms with van der Waals surface area (Å²) < 4.78 is 7.95. The molecule has 3 nitrogen and oxygen atoms in total. The van der Waals surface area contributed by atoms with Crippen molar-refractivity contribution in [1.29, 1.82) is 0 Å². The number of ether oxygens (including phenoxy) is 1. The van der Waals surface area contributed by atoms with Crippen LogP contribution < -0.4 is 4.74 Å². The third kappa shape index (κ3) is 3.43. The van der Waals surface area contributed by atoms with Gasteiger partial charge in [0, 0.05) is 6.20 Å². The van der Waals surface area contributed by atoms with Gasteiger partial charge in [-0.2, -0.15) is 0 Å². The molecule has 0 amide bonds. The van der Waals surface area contributed by atoms with Gasteiger partial charge in [0.2, 0.25) is 0 Å². The first-order valence-corrected chi connectivity index (χ1v) is 9.27. The second-order valence-electron chi connectivity index (χ2n) is 7.18. The largest absolute Gasteiger partial charge is 0.493 e. The molecule has 4 rings (SSSR count). The predicted octanol–water partition coefficient (Wildman–Crippen LogP) is 5.77. The molecule has 2 heterocycles. The van der Waals surface area contributed by atoms with Crippen LogP contribution in [0.5, 0.6) is 5.75 Å². The summed E-state index contributed by atoms with van der Waals surface area (Å²) in [6.07, 6.45) is 12.8. The molecule has 1 aliphatic rings. The molecule has 0 radical (unpaired) electrons. The number of benzene rings is 1. The molecular weight excluding hydrogens is 320 g/mol. The zero-order valence-electron chi connectivity index (χ0n) is 15.4. The summed E-state index contributed by atoms with van der Waals surface area (Å²) in [6.45, 7) is 5.05. The number of allylic oxidation sites excluding steroid dienone is 4. The van der Waals surface area contributed by atoms with Gasteiger partial charge in [-0.25, -0.2) is 4.98 Å². The molecule has 132 valence electrons. The number of rotatable bonds is 5. The zero-order valence-corrected chi connectivity index (χ0v) is 15.4. The van der Waals surface area contributed by atoms with Crippen molar-refractivity contribution in [2.45, 2.75) is 26.7 Å². The minimum absolute atomic E-state index is 0.529. The van der Waals surface area contributed by atoms with Crippen LogP contribution in [-0.4, -0.2) is 16.0 Å². The van der Waals surface area contributed by atoms with Crippen molar-refractivity contribution in [2.24, 2.45) is 5.92 Å². The van der Waals surface area contributed by atoms with Crippen LogP contribution in [0.3, 0.4) is 0 Å². The van der Waals surface area contributed by atoms with Crippen molar-refractivity contribution < 1.29 is 4.74 Å². The van der Waals surface area contributed by atoms with Crippen LogP contribution in [0.2, 0.25) is 0 Å². The summed E-state index contributed by atoms with van der Waals surface area (Å²) in [5.74, 6) is 1.45. The Morgan fingerprint density at radius 3 is 2.69 bits per heavy atom. The highest BCUT2D eigenvalue weighted by Gasteiger charge is 2.10. The van der Waals surface area contributed by atoms with E-state index < -0.39 is 0 Å². The van der Waals surface area contributed by atoms with Gasteiger partial charge in [0.25, 0.3) is 0 Å². The van der Waals surface area contributed by atoms with E-state index in [9.17, 15) is 0 Å². The summed E-state index contributed by atoms with van der Waals surface area (Å²) in [5, 5.41) is 0. The first-order valence-electron chi connectivity index (χ1n) is 9.27. The number of imidazole rings is 1. The van der Waals surface area contributed by atoms with Crippen LogP contribution in [0.4, 0.5) is 0 Å². The standard InChI is InChI=1S/C23H24N2O/c1-17(2)16-26-21-10-8-18(9-11-21)20-12-13-25-22(15-24-23(25)14-20)19-6-4-3-5-7-19/h3-4,6,8-15,17H,5,7,16H2,1-2H3. The molecule has 0 saturated heterocycles. The Hall–Kier alpha value is -2.81. The molecule has 2 aromatic heterocycles. The molecule has 0 saturated carbocycles. The maximum Gasteiger partial charge on any atom is 0.137 e. The molecule has 0 fully saturated rings. The lowest BCUT2D eigenvalue weighted by Gasteiger charge is -2.10. The predicted molar refractivity (Wildman–Crippen MR) is 107 cm³/mol. The second kappa shape index (κ2) is 7.20. The van der Waals surface area contributed by atoms with E-state index in [2.05, 4.69) is 71.9 Å². The van der Waals surface area contributed by atoms with E-state index in [0.29, 0.717) is 5.92 Å². The van der Waals surface area contributed by atoms with Crippen molar-refractivity contribution >= 4 is 11.2 Å². The summed E-state index contributed by atoms with van der Waals surface area (Å²) in [5.41, 5.74) is 5.86. The highest BCUT2D eigenvalue weighted by atomic mass is 16.5. The number of nitrogens with zero attached hydrogens (tertiary/aromatic N) is 2. The summed E-state index contributed by atoms with van der Waals surface area (Å²) in [4.78, 5) is 4.62. The van der Waals surface area contributed by atoms with Gasteiger partial charge in [0.05, 0.1) is 18.5 Å². The molecule has 3 aromatic rings. The van der Waals surface area contributed by atoms with E-state index in [1.54, 1.807) is 0 Å². The van der Waals surface area contributed by atoms with Crippen molar-refractivity contribution in [3.05, 3.63) is 72.7 Å². The van der Waals surface area contributed by atoms with Crippen molar-refractivity contribution in [2.75, 3.05) is 6.61 Å². The number of pyridine rings is 1. The van der Waals surface area contributed by atoms with E-state index in [-0.39, 0.29) is 0 Å². The molecule has 0 unspecified atom stereocenters. The van der Waals surface area contributed by atoms with Gasteiger partial charge in [0.1, 0.15) is 11.4 Å². The lowest BCUT2D eigenvalue weighted by atomic mass is 10.0. The van der Waals surface area contributed by atoms with E-state index in [1.807, 2.05) is 18.3 Å². The molecule has 0 N–H and O–H groups in total. The Labute approximate surface area is 154 Å². The highest BCUT2D eigenvalue weighted by Crippen LogP contribution is 2.27. The quantitative estimate of drug-likeness (QED) is 0.587. The minimum Gasteiger partial charge on any atom is -0.493 e. The Kier molecular flexibility index (Phi) is 4.61. The van der Waals surface area contributed by atoms with E-state index in [1.165, 1.54) is 22.4 Å². The molecular formula is C23H24N2O. The maximum absolute atomic E-state index is 5.77. The van der Waals surface area contributed by atoms with E-state index >= 15 is 0 Å². The third-order valence-corrected chi connectivity index (χ3v) is 4.63. The highest BCUT2D eigenvalue weighted by molar-refractivity contribution is 5.72. The van der Waals surface area contributed by atoms with Gasteiger partial charge in [-0.1, -0.05) is 44.2 Å². The smallest absolute Gasteiger partial charge is 0.137 e. The number of fused-ring (bicyclic) bond motifs is 1. The van der Waals surface area contributed by atoms with E-state index in [4.69, 9.17) is 4.74 Å². The lowest BCUT2D eigenvalue weighted by molar-refractivity contribution is 0.271. The van der Waals surface area contributed by atoms with Crippen molar-refractivity contribution in [3.63, 3.8) is 0 Å². The number of hydrogen-bond donors (Lipinski definition) is 0. The molecule has 0 spiro atoms. The first kappa shape index (κ1) is 16.6. The monoisotopic (exact) mass is 344 g/mol. The maximum atomic E-state index is 5.77. The fourth-order valence-electron chi connectivity index (χ4n) is 3.22. The average molecular weight is 344 g/mol. The number of hydrogen-bond acceptors (Lipinski definition) is 2.